The number of hydrogen-bond acceptors (Lipinski definition) is 9. The molecule has 0 saturated carbocycles. The molecule has 0 aliphatic heterocycles. The molecule has 0 radical (unpaired) electrons. The molecule has 3 N–H and O–H groups in total. The summed E-state index contributed by atoms with van der Waals surface area (Å²) in [6, 6.07) is 7.63. The van der Waals surface area contributed by atoms with Crippen molar-refractivity contribution in [2.75, 3.05) is 24.4 Å². The Labute approximate surface area is 188 Å². The van der Waals surface area contributed by atoms with E-state index in [1.165, 1.54) is 6.33 Å². The van der Waals surface area contributed by atoms with Crippen LogP contribution in [0.1, 0.15) is 39.1 Å². The van der Waals surface area contributed by atoms with Gasteiger partial charge in [0.05, 0.1) is 54.3 Å². The first-order valence-corrected chi connectivity index (χ1v) is 10.5. The largest absolute Gasteiger partial charge is 0.481 e. The van der Waals surface area contributed by atoms with Crippen LogP contribution in [0.4, 0.5) is 11.4 Å². The summed E-state index contributed by atoms with van der Waals surface area (Å²) >= 11 is 0. The molecule has 168 valence electrons. The van der Waals surface area contributed by atoms with Crippen molar-refractivity contribution in [3.05, 3.63) is 48.2 Å². The molecule has 0 saturated heterocycles. The zero-order valence-electron chi connectivity index (χ0n) is 19.1. The second-order valence-corrected chi connectivity index (χ2v) is 7.40. The van der Waals surface area contributed by atoms with E-state index < -0.39 is 0 Å². The summed E-state index contributed by atoms with van der Waals surface area (Å²) < 4.78 is 10.9. The van der Waals surface area contributed by atoms with E-state index in [0.29, 0.717) is 42.0 Å². The lowest BCUT2D eigenvalue weighted by atomic mass is 10.1. The van der Waals surface area contributed by atoms with Crippen molar-refractivity contribution >= 4 is 17.1 Å². The van der Waals surface area contributed by atoms with Gasteiger partial charge in [-0.2, -0.15) is 0 Å². The predicted octanol–water partition coefficient (Wildman–Crippen LogP) is 4.16. The SMILES string of the molecule is CCOc1ncccc1-c1cc(NCc2cc(OC)ncn2)c(NC(C)C)c(C(C)=N)n1. The number of rotatable bonds is 10. The van der Waals surface area contributed by atoms with Crippen LogP contribution in [0, 0.1) is 5.41 Å². The third kappa shape index (κ3) is 5.48. The normalized spacial score (nSPS) is 10.7. The van der Waals surface area contributed by atoms with Gasteiger partial charge < -0.3 is 25.5 Å². The maximum Gasteiger partial charge on any atom is 0.222 e. The lowest BCUT2D eigenvalue weighted by molar-refractivity contribution is 0.328. The maximum absolute atomic E-state index is 8.35. The zero-order valence-corrected chi connectivity index (χ0v) is 19.1. The van der Waals surface area contributed by atoms with E-state index >= 15 is 0 Å². The standard InChI is InChI=1S/C23H29N7O2/c1-6-32-23-17(8-7-9-25-23)18-11-19(22(29-14(2)3)21(30-18)15(4)24)26-12-16-10-20(31-5)28-13-27-16/h7-11,13-14,24,29H,6,12H2,1-5H3,(H,26,30). The summed E-state index contributed by atoms with van der Waals surface area (Å²) in [5.41, 5.74) is 4.68. The van der Waals surface area contributed by atoms with Crippen LogP contribution < -0.4 is 20.1 Å². The Morgan fingerprint density at radius 3 is 2.69 bits per heavy atom. The first kappa shape index (κ1) is 22.9. The van der Waals surface area contributed by atoms with Gasteiger partial charge in [0.1, 0.15) is 12.0 Å². The molecular weight excluding hydrogens is 406 g/mol. The van der Waals surface area contributed by atoms with Crippen molar-refractivity contribution in [2.45, 2.75) is 40.3 Å². The summed E-state index contributed by atoms with van der Waals surface area (Å²) in [4.78, 5) is 17.5. The Kier molecular flexibility index (Phi) is 7.54. The summed E-state index contributed by atoms with van der Waals surface area (Å²) in [6.45, 7) is 8.67. The van der Waals surface area contributed by atoms with Crippen molar-refractivity contribution in [1.82, 2.24) is 19.9 Å². The first-order chi connectivity index (χ1) is 15.4. The van der Waals surface area contributed by atoms with Crippen molar-refractivity contribution in [3.8, 4) is 23.0 Å². The summed E-state index contributed by atoms with van der Waals surface area (Å²) in [6.07, 6.45) is 3.16. The van der Waals surface area contributed by atoms with Gasteiger partial charge in [-0.25, -0.2) is 19.9 Å². The van der Waals surface area contributed by atoms with Crippen molar-refractivity contribution in [3.63, 3.8) is 0 Å². The lowest BCUT2D eigenvalue weighted by Gasteiger charge is -2.21. The molecule has 0 atom stereocenters. The van der Waals surface area contributed by atoms with Crippen molar-refractivity contribution < 1.29 is 9.47 Å². The van der Waals surface area contributed by atoms with Crippen LogP contribution in [0.15, 0.2) is 36.8 Å². The average molecular weight is 436 g/mol. The molecule has 9 heteroatoms. The fourth-order valence-corrected chi connectivity index (χ4v) is 3.14. The van der Waals surface area contributed by atoms with E-state index in [1.54, 1.807) is 26.3 Å². The van der Waals surface area contributed by atoms with Gasteiger partial charge in [-0.3, -0.25) is 0 Å². The minimum Gasteiger partial charge on any atom is -0.481 e. The number of anilines is 2. The minimum absolute atomic E-state index is 0.151. The molecule has 3 heterocycles. The lowest BCUT2D eigenvalue weighted by Crippen LogP contribution is -2.17. The molecule has 3 aromatic heterocycles. The van der Waals surface area contributed by atoms with Crippen LogP contribution in [-0.2, 0) is 6.54 Å². The second kappa shape index (κ2) is 10.5. The number of methoxy groups -OCH3 is 1. The number of pyridine rings is 2. The summed E-state index contributed by atoms with van der Waals surface area (Å²) in [5.74, 6) is 1.01. The molecule has 0 aromatic carbocycles. The Bertz CT molecular complexity index is 1090. The van der Waals surface area contributed by atoms with Gasteiger partial charge >= 0.3 is 0 Å². The second-order valence-electron chi connectivity index (χ2n) is 7.40. The molecule has 9 nitrogen and oxygen atoms in total. The number of aromatic nitrogens is 4. The van der Waals surface area contributed by atoms with E-state index in [2.05, 4.69) is 25.6 Å². The van der Waals surface area contributed by atoms with Gasteiger partial charge in [0, 0.05) is 18.3 Å². The van der Waals surface area contributed by atoms with Crippen molar-refractivity contribution in [2.24, 2.45) is 0 Å². The average Bonchev–Trinajstić information content (AvgIpc) is 2.78. The third-order valence-electron chi connectivity index (χ3n) is 4.50. The van der Waals surface area contributed by atoms with Crippen LogP contribution in [0.25, 0.3) is 11.3 Å². The Morgan fingerprint density at radius 2 is 2.00 bits per heavy atom. The Hall–Kier alpha value is -3.75. The number of ether oxygens (including phenoxy) is 2. The van der Waals surface area contributed by atoms with Gasteiger partial charge in [-0.15, -0.1) is 0 Å². The van der Waals surface area contributed by atoms with Crippen LogP contribution in [-0.4, -0.2) is 45.4 Å². The van der Waals surface area contributed by atoms with Crippen LogP contribution >= 0.6 is 0 Å². The van der Waals surface area contributed by atoms with Gasteiger partial charge in [0.2, 0.25) is 11.8 Å². The van der Waals surface area contributed by atoms with Gasteiger partial charge in [0.25, 0.3) is 0 Å². The van der Waals surface area contributed by atoms with E-state index in [9.17, 15) is 0 Å². The monoisotopic (exact) mass is 435 g/mol. The van der Waals surface area contributed by atoms with E-state index in [4.69, 9.17) is 19.9 Å². The molecule has 0 unspecified atom stereocenters. The van der Waals surface area contributed by atoms with E-state index in [-0.39, 0.29) is 6.04 Å². The topological polar surface area (TPSA) is 118 Å². The van der Waals surface area contributed by atoms with Gasteiger partial charge in [0.15, 0.2) is 0 Å². The molecule has 0 spiro atoms. The summed E-state index contributed by atoms with van der Waals surface area (Å²) in [7, 11) is 1.57. The highest BCUT2D eigenvalue weighted by Crippen LogP contribution is 2.34. The number of nitrogens with one attached hydrogen (secondary N) is 3. The number of nitrogens with zero attached hydrogens (tertiary/aromatic N) is 4. The quantitative estimate of drug-likeness (QED) is 0.406. The highest BCUT2D eigenvalue weighted by molar-refractivity contribution is 6.03. The fraction of sp³-hybridized carbons (Fsp3) is 0.348. The predicted molar refractivity (Wildman–Crippen MR) is 126 cm³/mol. The molecule has 0 aliphatic carbocycles. The number of hydrogen-bond donors (Lipinski definition) is 3. The highest BCUT2D eigenvalue weighted by Gasteiger charge is 2.18. The molecule has 0 amide bonds. The molecular formula is C23H29N7O2. The van der Waals surface area contributed by atoms with Crippen molar-refractivity contribution in [1.29, 1.82) is 5.41 Å². The molecule has 3 rings (SSSR count). The van der Waals surface area contributed by atoms with Gasteiger partial charge in [-0.05, 0) is 45.9 Å². The molecule has 0 fully saturated rings. The molecule has 32 heavy (non-hydrogen) atoms. The van der Waals surface area contributed by atoms with Crippen LogP contribution in [0.5, 0.6) is 11.8 Å². The van der Waals surface area contributed by atoms with Crippen LogP contribution in [0.2, 0.25) is 0 Å². The Morgan fingerprint density at radius 1 is 1.19 bits per heavy atom. The minimum atomic E-state index is 0.151. The smallest absolute Gasteiger partial charge is 0.222 e. The maximum atomic E-state index is 8.35. The van der Waals surface area contributed by atoms with Gasteiger partial charge in [-0.1, -0.05) is 0 Å². The molecule has 0 aliphatic rings. The fourth-order valence-electron chi connectivity index (χ4n) is 3.14. The zero-order chi connectivity index (χ0) is 23.1. The van der Waals surface area contributed by atoms with Crippen LogP contribution in [0.3, 0.4) is 0 Å². The Balaban J connectivity index is 2.09. The highest BCUT2D eigenvalue weighted by atomic mass is 16.5. The summed E-state index contributed by atoms with van der Waals surface area (Å²) in [5, 5.41) is 15.2. The molecule has 0 bridgehead atoms. The van der Waals surface area contributed by atoms with E-state index in [1.807, 2.05) is 39.0 Å². The molecule has 3 aromatic rings. The van der Waals surface area contributed by atoms with E-state index in [0.717, 1.165) is 22.6 Å². The first-order valence-electron chi connectivity index (χ1n) is 10.5. The third-order valence-corrected chi connectivity index (χ3v) is 4.50.